The molecule has 1 heterocycles. The van der Waals surface area contributed by atoms with E-state index in [9.17, 15) is 14.7 Å². The summed E-state index contributed by atoms with van der Waals surface area (Å²) < 4.78 is 5.46. The van der Waals surface area contributed by atoms with Gasteiger partial charge in [0.1, 0.15) is 12.2 Å². The molecule has 0 spiro atoms. The van der Waals surface area contributed by atoms with E-state index in [1.165, 1.54) is 6.07 Å². The molecular weight excluding hydrogens is 258 g/mol. The predicted molar refractivity (Wildman–Crippen MR) is 75.3 cm³/mol. The molecule has 1 unspecified atom stereocenters. The van der Waals surface area contributed by atoms with Crippen LogP contribution in [0.2, 0.25) is 0 Å². The van der Waals surface area contributed by atoms with E-state index in [1.54, 1.807) is 17.0 Å². The largest absolute Gasteiger partial charge is 0.489 e. The molecule has 1 atom stereocenters. The smallest absolute Gasteiger partial charge is 0.339 e. The molecule has 5 nitrogen and oxygen atoms in total. The highest BCUT2D eigenvalue weighted by atomic mass is 16.5. The van der Waals surface area contributed by atoms with Crippen LogP contribution in [0.5, 0.6) is 5.75 Å². The SMILES string of the molecule is CC(C)C(C)C(=O)N1CCOc2c(C(=O)O)cccc21. The fraction of sp³-hybridized carbons (Fsp3) is 0.467. The number of carbonyl (C=O) groups is 2. The molecule has 0 saturated carbocycles. The molecule has 0 bridgehead atoms. The molecule has 0 aromatic heterocycles. The van der Waals surface area contributed by atoms with Crippen molar-refractivity contribution in [1.29, 1.82) is 0 Å². The predicted octanol–water partition coefficient (Wildman–Crippen LogP) is 2.40. The van der Waals surface area contributed by atoms with Gasteiger partial charge in [-0.1, -0.05) is 26.8 Å². The molecule has 5 heteroatoms. The Hall–Kier alpha value is -2.04. The monoisotopic (exact) mass is 277 g/mol. The van der Waals surface area contributed by atoms with Crippen LogP contribution in [0.25, 0.3) is 0 Å². The Morgan fingerprint density at radius 2 is 2.00 bits per heavy atom. The van der Waals surface area contributed by atoms with Crippen molar-refractivity contribution in [3.05, 3.63) is 23.8 Å². The van der Waals surface area contributed by atoms with Gasteiger partial charge in [-0.25, -0.2) is 4.79 Å². The third-order valence-corrected chi connectivity index (χ3v) is 3.73. The molecule has 1 aromatic rings. The molecule has 1 aliphatic rings. The zero-order valence-corrected chi connectivity index (χ0v) is 11.9. The highest BCUT2D eigenvalue weighted by Gasteiger charge is 2.30. The summed E-state index contributed by atoms with van der Waals surface area (Å²) >= 11 is 0. The lowest BCUT2D eigenvalue weighted by atomic mass is 9.96. The van der Waals surface area contributed by atoms with Crippen molar-refractivity contribution < 1.29 is 19.4 Å². The third-order valence-electron chi connectivity index (χ3n) is 3.73. The standard InChI is InChI=1S/C15H19NO4/c1-9(2)10(3)14(17)16-7-8-20-13-11(15(18)19)5-4-6-12(13)16/h4-6,9-10H,7-8H2,1-3H3,(H,18,19). The second-order valence-electron chi connectivity index (χ2n) is 5.33. The van der Waals surface area contributed by atoms with Crippen LogP contribution in [0.15, 0.2) is 18.2 Å². The van der Waals surface area contributed by atoms with Crippen molar-refractivity contribution in [2.75, 3.05) is 18.1 Å². The van der Waals surface area contributed by atoms with Crippen molar-refractivity contribution in [3.63, 3.8) is 0 Å². The van der Waals surface area contributed by atoms with E-state index in [1.807, 2.05) is 20.8 Å². The van der Waals surface area contributed by atoms with E-state index in [-0.39, 0.29) is 29.1 Å². The summed E-state index contributed by atoms with van der Waals surface area (Å²) in [6.45, 7) is 6.65. The quantitative estimate of drug-likeness (QED) is 0.921. The number of hydrogen-bond donors (Lipinski definition) is 1. The number of rotatable bonds is 3. The van der Waals surface area contributed by atoms with Gasteiger partial charge in [0.15, 0.2) is 5.75 Å². The number of hydrogen-bond acceptors (Lipinski definition) is 3. The Balaban J connectivity index is 2.41. The van der Waals surface area contributed by atoms with Gasteiger partial charge < -0.3 is 14.7 Å². The normalized spacial score (nSPS) is 15.5. The van der Waals surface area contributed by atoms with Gasteiger partial charge in [0.05, 0.1) is 12.2 Å². The maximum atomic E-state index is 12.5. The number of amides is 1. The minimum atomic E-state index is -1.05. The first-order chi connectivity index (χ1) is 9.43. The number of ether oxygens (including phenoxy) is 1. The molecule has 1 N–H and O–H groups in total. The number of carboxylic acids is 1. The molecule has 0 aliphatic carbocycles. The second-order valence-corrected chi connectivity index (χ2v) is 5.33. The number of benzene rings is 1. The first-order valence-corrected chi connectivity index (χ1v) is 6.74. The van der Waals surface area contributed by atoms with E-state index in [4.69, 9.17) is 4.74 Å². The number of para-hydroxylation sites is 1. The van der Waals surface area contributed by atoms with Gasteiger partial charge in [-0.05, 0) is 18.1 Å². The van der Waals surface area contributed by atoms with Crippen molar-refractivity contribution in [1.82, 2.24) is 0 Å². The summed E-state index contributed by atoms with van der Waals surface area (Å²) in [6.07, 6.45) is 0. The number of carbonyl (C=O) groups excluding carboxylic acids is 1. The Labute approximate surface area is 118 Å². The lowest BCUT2D eigenvalue weighted by molar-refractivity contribution is -0.123. The summed E-state index contributed by atoms with van der Waals surface area (Å²) in [5.74, 6) is -0.637. The van der Waals surface area contributed by atoms with E-state index in [0.717, 1.165) is 0 Å². The van der Waals surface area contributed by atoms with E-state index < -0.39 is 5.97 Å². The molecule has 0 fully saturated rings. The third kappa shape index (κ3) is 2.48. The average molecular weight is 277 g/mol. The fourth-order valence-electron chi connectivity index (χ4n) is 2.18. The number of aromatic carboxylic acids is 1. The van der Waals surface area contributed by atoms with Crippen molar-refractivity contribution in [2.45, 2.75) is 20.8 Å². The second kappa shape index (κ2) is 5.53. The summed E-state index contributed by atoms with van der Waals surface area (Å²) in [5.41, 5.74) is 0.644. The van der Waals surface area contributed by atoms with Crippen LogP contribution in [0.4, 0.5) is 5.69 Å². The molecule has 0 saturated heterocycles. The lowest BCUT2D eigenvalue weighted by Crippen LogP contribution is -2.42. The molecule has 2 rings (SSSR count). The van der Waals surface area contributed by atoms with Gasteiger partial charge in [-0.2, -0.15) is 0 Å². The lowest BCUT2D eigenvalue weighted by Gasteiger charge is -2.32. The van der Waals surface area contributed by atoms with Gasteiger partial charge in [0.25, 0.3) is 0 Å². The van der Waals surface area contributed by atoms with Crippen LogP contribution in [0, 0.1) is 11.8 Å². The summed E-state index contributed by atoms with van der Waals surface area (Å²) in [6, 6.07) is 4.85. The highest BCUT2D eigenvalue weighted by Crippen LogP contribution is 2.36. The van der Waals surface area contributed by atoms with Crippen LogP contribution < -0.4 is 9.64 Å². The Bertz CT molecular complexity index is 539. The first-order valence-electron chi connectivity index (χ1n) is 6.74. The van der Waals surface area contributed by atoms with Gasteiger partial charge in [0, 0.05) is 5.92 Å². The van der Waals surface area contributed by atoms with Crippen molar-refractivity contribution in [2.24, 2.45) is 11.8 Å². The average Bonchev–Trinajstić information content (AvgIpc) is 2.44. The summed E-state index contributed by atoms with van der Waals surface area (Å²) in [5, 5.41) is 9.18. The van der Waals surface area contributed by atoms with Gasteiger partial charge in [-0.15, -0.1) is 0 Å². The van der Waals surface area contributed by atoms with Crippen LogP contribution in [-0.2, 0) is 4.79 Å². The van der Waals surface area contributed by atoms with Crippen LogP contribution in [-0.4, -0.2) is 30.1 Å². The van der Waals surface area contributed by atoms with Crippen LogP contribution in [0.1, 0.15) is 31.1 Å². The first kappa shape index (κ1) is 14.4. The number of anilines is 1. The molecule has 108 valence electrons. The fourth-order valence-corrected chi connectivity index (χ4v) is 2.18. The molecule has 1 aromatic carbocycles. The van der Waals surface area contributed by atoms with Gasteiger partial charge in [0.2, 0.25) is 5.91 Å². The van der Waals surface area contributed by atoms with Gasteiger partial charge in [-0.3, -0.25) is 4.79 Å². The number of nitrogens with zero attached hydrogens (tertiary/aromatic N) is 1. The Morgan fingerprint density at radius 1 is 1.30 bits per heavy atom. The van der Waals surface area contributed by atoms with E-state index in [2.05, 4.69) is 0 Å². The highest BCUT2D eigenvalue weighted by molar-refractivity contribution is 6.00. The maximum absolute atomic E-state index is 12.5. The molecular formula is C15H19NO4. The summed E-state index contributed by atoms with van der Waals surface area (Å²) in [4.78, 5) is 25.3. The van der Waals surface area contributed by atoms with Crippen molar-refractivity contribution >= 4 is 17.6 Å². The Kier molecular flexibility index (Phi) is 3.97. The number of fused-ring (bicyclic) bond motifs is 1. The molecule has 1 amide bonds. The summed E-state index contributed by atoms with van der Waals surface area (Å²) in [7, 11) is 0. The molecule has 1 aliphatic heterocycles. The van der Waals surface area contributed by atoms with E-state index in [0.29, 0.717) is 18.8 Å². The molecule has 20 heavy (non-hydrogen) atoms. The maximum Gasteiger partial charge on any atom is 0.339 e. The minimum absolute atomic E-state index is 0.00656. The Morgan fingerprint density at radius 3 is 2.60 bits per heavy atom. The molecule has 0 radical (unpaired) electrons. The number of carboxylic acid groups (broad SMARTS) is 1. The van der Waals surface area contributed by atoms with Crippen LogP contribution in [0.3, 0.4) is 0 Å². The minimum Gasteiger partial charge on any atom is -0.489 e. The van der Waals surface area contributed by atoms with Gasteiger partial charge >= 0.3 is 5.97 Å². The zero-order chi connectivity index (χ0) is 14.9. The van der Waals surface area contributed by atoms with Crippen LogP contribution >= 0.6 is 0 Å². The van der Waals surface area contributed by atoms with E-state index >= 15 is 0 Å². The van der Waals surface area contributed by atoms with Crippen molar-refractivity contribution in [3.8, 4) is 5.75 Å². The zero-order valence-electron chi connectivity index (χ0n) is 11.9. The topological polar surface area (TPSA) is 66.8 Å².